The van der Waals surface area contributed by atoms with Crippen molar-refractivity contribution in [2.45, 2.75) is 4.90 Å². The third kappa shape index (κ3) is 4.53. The molecule has 7 aromatic rings. The van der Waals surface area contributed by atoms with Crippen molar-refractivity contribution in [2.24, 2.45) is 0 Å². The standard InChI is InChI=1S/C38H27NS/c40-38-24-23-34(26-37(38)29-11-5-2-6-12-29)39(32-20-17-28(18-21-32)27-9-3-1-4-10-27)33-22-19-31-16-15-30-13-7-8-14-35(30)36(31)25-33/h1-26,40H. The van der Waals surface area contributed by atoms with E-state index in [1.165, 1.54) is 32.7 Å². The molecule has 0 N–H and O–H groups in total. The van der Waals surface area contributed by atoms with Crippen LogP contribution in [0.15, 0.2) is 163 Å². The maximum atomic E-state index is 4.82. The summed E-state index contributed by atoms with van der Waals surface area (Å²) < 4.78 is 0. The van der Waals surface area contributed by atoms with E-state index in [4.69, 9.17) is 12.6 Å². The van der Waals surface area contributed by atoms with Crippen LogP contribution in [0.2, 0.25) is 0 Å². The Labute approximate surface area is 240 Å². The van der Waals surface area contributed by atoms with Gasteiger partial charge in [0.05, 0.1) is 0 Å². The fourth-order valence-electron chi connectivity index (χ4n) is 5.52. The summed E-state index contributed by atoms with van der Waals surface area (Å²) in [7, 11) is 0. The predicted octanol–water partition coefficient (Wildman–Crippen LogP) is 11.1. The number of nitrogens with zero attached hydrogens (tertiary/aromatic N) is 1. The van der Waals surface area contributed by atoms with Crippen molar-refractivity contribution in [1.82, 2.24) is 0 Å². The van der Waals surface area contributed by atoms with Crippen molar-refractivity contribution in [1.29, 1.82) is 0 Å². The Kier molecular flexibility index (Phi) is 6.31. The number of anilines is 3. The largest absolute Gasteiger partial charge is 0.310 e. The first-order valence-electron chi connectivity index (χ1n) is 13.5. The molecule has 0 atom stereocenters. The van der Waals surface area contributed by atoms with Crippen LogP contribution in [-0.4, -0.2) is 0 Å². The van der Waals surface area contributed by atoms with Gasteiger partial charge in [0.25, 0.3) is 0 Å². The van der Waals surface area contributed by atoms with Gasteiger partial charge in [-0.1, -0.05) is 115 Å². The minimum Gasteiger partial charge on any atom is -0.310 e. The fourth-order valence-corrected chi connectivity index (χ4v) is 5.79. The lowest BCUT2D eigenvalue weighted by Gasteiger charge is -2.27. The van der Waals surface area contributed by atoms with Crippen molar-refractivity contribution in [2.75, 3.05) is 4.90 Å². The number of fused-ring (bicyclic) bond motifs is 3. The van der Waals surface area contributed by atoms with Crippen LogP contribution in [0.1, 0.15) is 0 Å². The highest BCUT2D eigenvalue weighted by atomic mass is 32.1. The molecule has 0 amide bonds. The van der Waals surface area contributed by atoms with Crippen molar-refractivity contribution in [3.63, 3.8) is 0 Å². The SMILES string of the molecule is Sc1ccc(N(c2ccc(-c3ccccc3)cc2)c2ccc3ccc4ccccc4c3c2)cc1-c1ccccc1. The normalized spacial score (nSPS) is 11.1. The van der Waals surface area contributed by atoms with Crippen molar-refractivity contribution >= 4 is 51.2 Å². The zero-order valence-corrected chi connectivity index (χ0v) is 22.8. The summed E-state index contributed by atoms with van der Waals surface area (Å²) >= 11 is 4.82. The lowest BCUT2D eigenvalue weighted by Crippen LogP contribution is -2.10. The Balaban J connectivity index is 1.42. The number of thiol groups is 1. The van der Waals surface area contributed by atoms with Gasteiger partial charge in [0.1, 0.15) is 0 Å². The zero-order chi connectivity index (χ0) is 26.9. The Bertz CT molecular complexity index is 1940. The van der Waals surface area contributed by atoms with E-state index in [2.05, 4.69) is 157 Å². The van der Waals surface area contributed by atoms with E-state index in [1.54, 1.807) is 0 Å². The predicted molar refractivity (Wildman–Crippen MR) is 174 cm³/mol. The number of hydrogen-bond donors (Lipinski definition) is 1. The number of rotatable bonds is 5. The summed E-state index contributed by atoms with van der Waals surface area (Å²) in [5.41, 5.74) is 7.97. The summed E-state index contributed by atoms with van der Waals surface area (Å²) in [5.74, 6) is 0. The van der Waals surface area contributed by atoms with Gasteiger partial charge in [0.15, 0.2) is 0 Å². The maximum Gasteiger partial charge on any atom is 0.0468 e. The molecule has 7 rings (SSSR count). The minimum absolute atomic E-state index is 0.957. The fraction of sp³-hybridized carbons (Fsp3) is 0. The summed E-state index contributed by atoms with van der Waals surface area (Å²) in [6, 6.07) is 56.1. The molecule has 0 aliphatic rings. The average Bonchev–Trinajstić information content (AvgIpc) is 3.03. The van der Waals surface area contributed by atoms with Crippen LogP contribution >= 0.6 is 12.6 Å². The molecule has 0 saturated heterocycles. The Morgan fingerprint density at radius 1 is 0.375 bits per heavy atom. The minimum atomic E-state index is 0.957. The molecular formula is C38H27NS. The van der Waals surface area contributed by atoms with Crippen molar-refractivity contribution < 1.29 is 0 Å². The van der Waals surface area contributed by atoms with Crippen LogP contribution in [0.5, 0.6) is 0 Å². The highest BCUT2D eigenvalue weighted by molar-refractivity contribution is 7.80. The van der Waals surface area contributed by atoms with Gasteiger partial charge in [0, 0.05) is 22.0 Å². The Hall–Kier alpha value is -4.79. The van der Waals surface area contributed by atoms with E-state index in [0.717, 1.165) is 33.1 Å². The monoisotopic (exact) mass is 529 g/mol. The van der Waals surface area contributed by atoms with Gasteiger partial charge in [-0.15, -0.1) is 12.6 Å². The van der Waals surface area contributed by atoms with Gasteiger partial charge in [-0.05, 0) is 86.3 Å². The molecule has 0 unspecified atom stereocenters. The van der Waals surface area contributed by atoms with Gasteiger partial charge in [0.2, 0.25) is 0 Å². The highest BCUT2D eigenvalue weighted by Crippen LogP contribution is 2.41. The molecule has 0 heterocycles. The van der Waals surface area contributed by atoms with E-state index < -0.39 is 0 Å². The van der Waals surface area contributed by atoms with Crippen LogP contribution in [0.4, 0.5) is 17.1 Å². The highest BCUT2D eigenvalue weighted by Gasteiger charge is 2.16. The first-order valence-corrected chi connectivity index (χ1v) is 13.9. The Morgan fingerprint density at radius 2 is 0.900 bits per heavy atom. The second-order valence-electron chi connectivity index (χ2n) is 10.0. The molecule has 0 spiro atoms. The molecule has 0 saturated carbocycles. The quantitative estimate of drug-likeness (QED) is 0.171. The first-order chi connectivity index (χ1) is 19.7. The maximum absolute atomic E-state index is 4.82. The Morgan fingerprint density at radius 3 is 1.65 bits per heavy atom. The molecule has 2 heteroatoms. The van der Waals surface area contributed by atoms with Crippen LogP contribution in [0.3, 0.4) is 0 Å². The summed E-state index contributed by atoms with van der Waals surface area (Å²) in [6.07, 6.45) is 0. The molecule has 0 radical (unpaired) electrons. The number of hydrogen-bond acceptors (Lipinski definition) is 2. The lowest BCUT2D eigenvalue weighted by atomic mass is 10.00. The molecule has 0 bridgehead atoms. The van der Waals surface area contributed by atoms with Crippen molar-refractivity contribution in [3.05, 3.63) is 158 Å². The molecule has 0 aliphatic heterocycles. The number of benzene rings is 7. The molecule has 190 valence electrons. The van der Waals surface area contributed by atoms with Gasteiger partial charge in [-0.25, -0.2) is 0 Å². The van der Waals surface area contributed by atoms with Crippen LogP contribution < -0.4 is 4.90 Å². The summed E-state index contributed by atoms with van der Waals surface area (Å²) in [6.45, 7) is 0. The average molecular weight is 530 g/mol. The molecule has 0 aromatic heterocycles. The van der Waals surface area contributed by atoms with E-state index in [1.807, 2.05) is 6.07 Å². The molecular weight excluding hydrogens is 502 g/mol. The van der Waals surface area contributed by atoms with Gasteiger partial charge in [-0.3, -0.25) is 0 Å². The van der Waals surface area contributed by atoms with E-state index in [-0.39, 0.29) is 0 Å². The molecule has 0 aliphatic carbocycles. The lowest BCUT2D eigenvalue weighted by molar-refractivity contribution is 1.28. The van der Waals surface area contributed by atoms with E-state index in [9.17, 15) is 0 Å². The third-order valence-corrected chi connectivity index (χ3v) is 7.93. The van der Waals surface area contributed by atoms with Gasteiger partial charge in [-0.2, -0.15) is 0 Å². The van der Waals surface area contributed by atoms with Gasteiger partial charge >= 0.3 is 0 Å². The smallest absolute Gasteiger partial charge is 0.0468 e. The van der Waals surface area contributed by atoms with E-state index in [0.29, 0.717) is 0 Å². The first kappa shape index (κ1) is 24.3. The van der Waals surface area contributed by atoms with Gasteiger partial charge < -0.3 is 4.90 Å². The second kappa shape index (κ2) is 10.4. The van der Waals surface area contributed by atoms with Crippen LogP contribution in [-0.2, 0) is 0 Å². The van der Waals surface area contributed by atoms with Crippen molar-refractivity contribution in [3.8, 4) is 22.3 Å². The topological polar surface area (TPSA) is 3.24 Å². The third-order valence-electron chi connectivity index (χ3n) is 7.54. The molecule has 1 nitrogen and oxygen atoms in total. The summed E-state index contributed by atoms with van der Waals surface area (Å²) in [5, 5.41) is 4.99. The zero-order valence-electron chi connectivity index (χ0n) is 21.9. The second-order valence-corrected chi connectivity index (χ2v) is 10.5. The van der Waals surface area contributed by atoms with Crippen LogP contribution in [0.25, 0.3) is 43.8 Å². The molecule has 40 heavy (non-hydrogen) atoms. The molecule has 0 fully saturated rings. The van der Waals surface area contributed by atoms with Crippen LogP contribution in [0, 0.1) is 0 Å². The molecule has 7 aromatic carbocycles. The summed E-state index contributed by atoms with van der Waals surface area (Å²) in [4.78, 5) is 3.30. The van der Waals surface area contributed by atoms with E-state index >= 15 is 0 Å².